The number of anilines is 1. The fourth-order valence-electron chi connectivity index (χ4n) is 4.34. The van der Waals surface area contributed by atoms with Crippen LogP contribution in [0.1, 0.15) is 51.0 Å². The van der Waals surface area contributed by atoms with Gasteiger partial charge in [0.15, 0.2) is 0 Å². The molecule has 0 saturated carbocycles. The first kappa shape index (κ1) is 15.0. The summed E-state index contributed by atoms with van der Waals surface area (Å²) in [4.78, 5) is 11.7. The summed E-state index contributed by atoms with van der Waals surface area (Å²) in [5, 5.41) is 13.3. The van der Waals surface area contributed by atoms with Crippen molar-refractivity contribution in [3.63, 3.8) is 0 Å². The number of rotatable bonds is 2. The van der Waals surface area contributed by atoms with E-state index in [1.54, 1.807) is 12.1 Å². The van der Waals surface area contributed by atoms with Gasteiger partial charge >= 0.3 is 5.97 Å². The zero-order valence-electron chi connectivity index (χ0n) is 13.9. The fourth-order valence-corrected chi connectivity index (χ4v) is 4.34. The van der Waals surface area contributed by atoms with Crippen molar-refractivity contribution in [2.24, 2.45) is 5.92 Å². The van der Waals surface area contributed by atoms with Crippen molar-refractivity contribution in [3.8, 4) is 0 Å². The predicted octanol–water partition coefficient (Wildman–Crippen LogP) is 4.83. The zero-order chi connectivity index (χ0) is 16.8. The summed E-state index contributed by atoms with van der Waals surface area (Å²) in [6.07, 6.45) is 5.50. The monoisotopic (exact) mass is 319 g/mol. The highest BCUT2D eigenvalue weighted by atomic mass is 16.4. The third-order valence-electron chi connectivity index (χ3n) is 5.34. The van der Waals surface area contributed by atoms with Gasteiger partial charge in [0.05, 0.1) is 11.6 Å². The van der Waals surface area contributed by atoms with Crippen molar-refractivity contribution < 1.29 is 9.90 Å². The van der Waals surface area contributed by atoms with E-state index in [-0.39, 0.29) is 6.04 Å². The number of aromatic carboxylic acids is 1. The van der Waals surface area contributed by atoms with Gasteiger partial charge in [-0.25, -0.2) is 4.79 Å². The second-order valence-corrected chi connectivity index (χ2v) is 6.91. The lowest BCUT2D eigenvalue weighted by atomic mass is 9.75. The molecule has 0 fully saturated rings. The molecule has 2 aromatic rings. The lowest BCUT2D eigenvalue weighted by Crippen LogP contribution is -2.30. The number of carboxylic acid groups (broad SMARTS) is 1. The van der Waals surface area contributed by atoms with E-state index in [0.717, 1.165) is 12.0 Å². The summed E-state index contributed by atoms with van der Waals surface area (Å²) in [6, 6.07) is 11.8. The van der Waals surface area contributed by atoms with Crippen molar-refractivity contribution in [2.45, 2.75) is 32.2 Å². The van der Waals surface area contributed by atoms with Crippen molar-refractivity contribution in [1.82, 2.24) is 0 Å². The normalized spacial score (nSPS) is 24.2. The van der Waals surface area contributed by atoms with Gasteiger partial charge in [-0.3, -0.25) is 0 Å². The van der Waals surface area contributed by atoms with E-state index in [2.05, 4.69) is 43.4 Å². The molecule has 3 heteroatoms. The molecule has 3 nitrogen and oxygen atoms in total. The van der Waals surface area contributed by atoms with Gasteiger partial charge in [-0.2, -0.15) is 0 Å². The molecule has 0 bridgehead atoms. The Balaban J connectivity index is 1.86. The Bertz CT molecular complexity index is 853. The average molecular weight is 319 g/mol. The Kier molecular flexibility index (Phi) is 3.45. The van der Waals surface area contributed by atoms with Crippen molar-refractivity contribution in [3.05, 3.63) is 76.4 Å². The molecule has 3 atom stereocenters. The second-order valence-electron chi connectivity index (χ2n) is 6.91. The summed E-state index contributed by atoms with van der Waals surface area (Å²) in [5.41, 5.74) is 6.29. The van der Waals surface area contributed by atoms with Gasteiger partial charge in [-0.05, 0) is 48.9 Å². The number of fused-ring (bicyclic) bond motifs is 3. The Morgan fingerprint density at radius 3 is 2.75 bits per heavy atom. The molecule has 122 valence electrons. The first-order chi connectivity index (χ1) is 11.6. The minimum atomic E-state index is -0.860. The van der Waals surface area contributed by atoms with Crippen LogP contribution in [0.5, 0.6) is 0 Å². The van der Waals surface area contributed by atoms with Gasteiger partial charge in [-0.15, -0.1) is 0 Å². The standard InChI is InChI=1S/C21H21NO2/c1-12-10-13(2)19-18(11-12)14-8-5-9-15(14)20(22-19)16-6-3-4-7-17(16)21(23)24/h3-8,10-11,14-15,20,22H,9H2,1-2H3,(H,23,24)/t14-,15-,20-/m1/s1. The predicted molar refractivity (Wildman–Crippen MR) is 95.7 cm³/mol. The summed E-state index contributed by atoms with van der Waals surface area (Å²) < 4.78 is 0. The number of nitrogens with one attached hydrogen (secondary N) is 1. The molecule has 24 heavy (non-hydrogen) atoms. The zero-order valence-corrected chi connectivity index (χ0v) is 13.9. The SMILES string of the molecule is Cc1cc(C)c2c(c1)[C@@H]1C=CC[C@H]1[C@H](c1ccccc1C(=O)O)N2. The number of benzene rings is 2. The Labute approximate surface area is 142 Å². The van der Waals surface area contributed by atoms with Gasteiger partial charge in [0.2, 0.25) is 0 Å². The van der Waals surface area contributed by atoms with E-state index >= 15 is 0 Å². The lowest BCUT2D eigenvalue weighted by Gasteiger charge is -2.39. The molecule has 1 aliphatic heterocycles. The molecule has 2 N–H and O–H groups in total. The van der Waals surface area contributed by atoms with Gasteiger partial charge in [0.1, 0.15) is 0 Å². The maximum absolute atomic E-state index is 11.7. The fraction of sp³-hybridized carbons (Fsp3) is 0.286. The first-order valence-electron chi connectivity index (χ1n) is 8.43. The van der Waals surface area contributed by atoms with Crippen LogP contribution in [0.3, 0.4) is 0 Å². The maximum atomic E-state index is 11.7. The van der Waals surface area contributed by atoms with Crippen LogP contribution in [0, 0.1) is 19.8 Å². The Morgan fingerprint density at radius 1 is 1.17 bits per heavy atom. The van der Waals surface area contributed by atoms with Crippen LogP contribution in [0.15, 0.2) is 48.6 Å². The van der Waals surface area contributed by atoms with E-state index in [9.17, 15) is 9.90 Å². The molecular formula is C21H21NO2. The minimum absolute atomic E-state index is 0.0196. The first-order valence-corrected chi connectivity index (χ1v) is 8.43. The lowest BCUT2D eigenvalue weighted by molar-refractivity contribution is 0.0694. The smallest absolute Gasteiger partial charge is 0.336 e. The van der Waals surface area contributed by atoms with E-state index < -0.39 is 5.97 Å². The average Bonchev–Trinajstić information content (AvgIpc) is 3.04. The molecule has 4 rings (SSSR count). The highest BCUT2D eigenvalue weighted by Crippen LogP contribution is 2.51. The molecule has 0 spiro atoms. The van der Waals surface area contributed by atoms with Crippen LogP contribution in [-0.2, 0) is 0 Å². The summed E-state index contributed by atoms with van der Waals surface area (Å²) in [6.45, 7) is 4.25. The molecule has 0 saturated heterocycles. The van der Waals surface area contributed by atoms with E-state index in [1.165, 1.54) is 22.4 Å². The van der Waals surface area contributed by atoms with E-state index in [0.29, 0.717) is 17.4 Å². The molecule has 2 aromatic carbocycles. The van der Waals surface area contributed by atoms with Crippen molar-refractivity contribution >= 4 is 11.7 Å². The highest BCUT2D eigenvalue weighted by molar-refractivity contribution is 5.90. The van der Waals surface area contributed by atoms with Crippen molar-refractivity contribution in [2.75, 3.05) is 5.32 Å². The summed E-state index contributed by atoms with van der Waals surface area (Å²) in [7, 11) is 0. The minimum Gasteiger partial charge on any atom is -0.478 e. The third kappa shape index (κ3) is 2.23. The quantitative estimate of drug-likeness (QED) is 0.780. The molecule has 0 unspecified atom stereocenters. The van der Waals surface area contributed by atoms with Gasteiger partial charge in [0, 0.05) is 11.6 Å². The highest BCUT2D eigenvalue weighted by Gasteiger charge is 2.39. The summed E-state index contributed by atoms with van der Waals surface area (Å²) >= 11 is 0. The molecule has 0 radical (unpaired) electrons. The summed E-state index contributed by atoms with van der Waals surface area (Å²) in [5.74, 6) is -0.146. The third-order valence-corrected chi connectivity index (χ3v) is 5.34. The van der Waals surface area contributed by atoms with Crippen LogP contribution >= 0.6 is 0 Å². The number of carboxylic acids is 1. The number of hydrogen-bond acceptors (Lipinski definition) is 2. The van der Waals surface area contributed by atoms with Crippen LogP contribution in [0.4, 0.5) is 5.69 Å². The van der Waals surface area contributed by atoms with Crippen LogP contribution in [0.2, 0.25) is 0 Å². The van der Waals surface area contributed by atoms with Crippen LogP contribution in [0.25, 0.3) is 0 Å². The maximum Gasteiger partial charge on any atom is 0.336 e. The largest absolute Gasteiger partial charge is 0.478 e. The Morgan fingerprint density at radius 2 is 1.96 bits per heavy atom. The number of allylic oxidation sites excluding steroid dienone is 2. The van der Waals surface area contributed by atoms with Gasteiger partial charge in [0.25, 0.3) is 0 Å². The number of aryl methyl sites for hydroxylation is 2. The van der Waals surface area contributed by atoms with E-state index in [1.807, 2.05) is 12.1 Å². The van der Waals surface area contributed by atoms with Gasteiger partial charge < -0.3 is 10.4 Å². The molecular weight excluding hydrogens is 298 g/mol. The van der Waals surface area contributed by atoms with Crippen LogP contribution in [-0.4, -0.2) is 11.1 Å². The second kappa shape index (κ2) is 5.52. The number of hydrogen-bond donors (Lipinski definition) is 2. The Hall–Kier alpha value is -2.55. The topological polar surface area (TPSA) is 49.3 Å². The van der Waals surface area contributed by atoms with Crippen LogP contribution < -0.4 is 5.32 Å². The number of carbonyl (C=O) groups is 1. The molecule has 0 amide bonds. The van der Waals surface area contributed by atoms with Gasteiger partial charge in [-0.1, -0.05) is 48.0 Å². The molecule has 2 aliphatic rings. The molecule has 1 aliphatic carbocycles. The van der Waals surface area contributed by atoms with E-state index in [4.69, 9.17) is 0 Å². The molecule has 1 heterocycles. The van der Waals surface area contributed by atoms with Crippen molar-refractivity contribution in [1.29, 1.82) is 0 Å². The molecule has 0 aromatic heterocycles.